The van der Waals surface area contributed by atoms with E-state index < -0.39 is 0 Å². The van der Waals surface area contributed by atoms with E-state index >= 15 is 0 Å². The van der Waals surface area contributed by atoms with Crippen LogP contribution in [0.3, 0.4) is 0 Å². The van der Waals surface area contributed by atoms with Gasteiger partial charge in [-0.05, 0) is 28.9 Å². The molecular weight excluding hydrogens is 286 g/mol. The van der Waals surface area contributed by atoms with Crippen molar-refractivity contribution in [2.75, 3.05) is 19.6 Å². The van der Waals surface area contributed by atoms with Gasteiger partial charge in [0.1, 0.15) is 0 Å². The average molecular weight is 300 g/mol. The summed E-state index contributed by atoms with van der Waals surface area (Å²) in [4.78, 5) is 27.8. The highest BCUT2D eigenvalue weighted by atomic mass is 79.9. The Hall–Kier alpha value is -1.14. The molecule has 0 bridgehead atoms. The summed E-state index contributed by atoms with van der Waals surface area (Å²) in [5.74, 6) is -0.0454. The molecule has 0 radical (unpaired) electrons. The zero-order chi connectivity index (χ0) is 12.4. The molecule has 0 aliphatic carbocycles. The van der Waals surface area contributed by atoms with Crippen LogP contribution in [0.2, 0.25) is 0 Å². The van der Waals surface area contributed by atoms with E-state index in [0.717, 1.165) is 13.1 Å². The molecule has 1 amide bonds. The van der Waals surface area contributed by atoms with Crippen molar-refractivity contribution in [2.24, 2.45) is 0 Å². The maximum Gasteiger partial charge on any atom is 0.262 e. The highest BCUT2D eigenvalue weighted by Gasteiger charge is 2.24. The van der Waals surface area contributed by atoms with Crippen molar-refractivity contribution in [3.05, 3.63) is 32.7 Å². The van der Waals surface area contributed by atoms with Crippen molar-refractivity contribution < 1.29 is 4.79 Å². The molecule has 1 aromatic heterocycles. The molecule has 6 heteroatoms. The van der Waals surface area contributed by atoms with E-state index in [2.05, 4.69) is 26.2 Å². The van der Waals surface area contributed by atoms with Crippen LogP contribution in [-0.2, 0) is 0 Å². The summed E-state index contributed by atoms with van der Waals surface area (Å²) >= 11 is 3.13. The van der Waals surface area contributed by atoms with Gasteiger partial charge in [-0.2, -0.15) is 0 Å². The maximum atomic E-state index is 12.2. The lowest BCUT2D eigenvalue weighted by Gasteiger charge is -2.34. The first-order valence-corrected chi connectivity index (χ1v) is 6.29. The van der Waals surface area contributed by atoms with Gasteiger partial charge in [0.25, 0.3) is 11.5 Å². The molecule has 2 N–H and O–H groups in total. The number of amides is 1. The number of hydrogen-bond donors (Lipinski definition) is 2. The van der Waals surface area contributed by atoms with Gasteiger partial charge in [0.05, 0.1) is 10.0 Å². The van der Waals surface area contributed by atoms with E-state index in [0.29, 0.717) is 16.6 Å². The molecule has 17 heavy (non-hydrogen) atoms. The summed E-state index contributed by atoms with van der Waals surface area (Å²) in [5.41, 5.74) is 0.278. The van der Waals surface area contributed by atoms with E-state index in [-0.39, 0.29) is 17.5 Å². The van der Waals surface area contributed by atoms with Gasteiger partial charge < -0.3 is 15.2 Å². The second-order valence-corrected chi connectivity index (χ2v) is 4.97. The van der Waals surface area contributed by atoms with Gasteiger partial charge in [-0.1, -0.05) is 0 Å². The topological polar surface area (TPSA) is 65.2 Å². The van der Waals surface area contributed by atoms with Crippen LogP contribution >= 0.6 is 15.9 Å². The van der Waals surface area contributed by atoms with Crippen molar-refractivity contribution in [1.82, 2.24) is 15.2 Å². The van der Waals surface area contributed by atoms with E-state index in [1.165, 1.54) is 6.20 Å². The number of piperazine rings is 1. The number of carbonyl (C=O) groups excluding carboxylic acids is 1. The van der Waals surface area contributed by atoms with Gasteiger partial charge >= 0.3 is 0 Å². The number of carbonyl (C=O) groups is 1. The van der Waals surface area contributed by atoms with Crippen LogP contribution < -0.4 is 10.9 Å². The van der Waals surface area contributed by atoms with E-state index in [4.69, 9.17) is 0 Å². The average Bonchev–Trinajstić information content (AvgIpc) is 2.32. The minimum absolute atomic E-state index is 0.0454. The summed E-state index contributed by atoms with van der Waals surface area (Å²) < 4.78 is 0.381. The van der Waals surface area contributed by atoms with Gasteiger partial charge in [-0.25, -0.2) is 0 Å². The van der Waals surface area contributed by atoms with Gasteiger partial charge in [-0.15, -0.1) is 0 Å². The molecule has 0 saturated carbocycles. The Labute approximate surface area is 107 Å². The number of aromatic nitrogens is 1. The number of H-pyrrole nitrogens is 1. The van der Waals surface area contributed by atoms with Crippen LogP contribution in [0.15, 0.2) is 21.5 Å². The standard InChI is InChI=1S/C11H14BrN3O2/c1-7-5-13-2-3-15(7)11(17)8-4-9(12)10(16)14-6-8/h4,6-7,13H,2-3,5H2,1H3,(H,14,16). The van der Waals surface area contributed by atoms with Gasteiger partial charge in [0, 0.05) is 31.9 Å². The Bertz CT molecular complexity index is 486. The first-order chi connectivity index (χ1) is 8.09. The molecule has 2 rings (SSSR count). The minimum atomic E-state index is -0.227. The molecule has 1 aliphatic rings. The molecule has 0 aromatic carbocycles. The molecule has 1 atom stereocenters. The summed E-state index contributed by atoms with van der Waals surface area (Å²) in [6, 6.07) is 1.73. The summed E-state index contributed by atoms with van der Waals surface area (Å²) in [6.45, 7) is 4.30. The first kappa shape index (κ1) is 12.3. The van der Waals surface area contributed by atoms with Crippen LogP contribution in [-0.4, -0.2) is 41.5 Å². The van der Waals surface area contributed by atoms with E-state index in [1.54, 1.807) is 6.07 Å². The van der Waals surface area contributed by atoms with E-state index in [1.807, 2.05) is 11.8 Å². The number of nitrogens with one attached hydrogen (secondary N) is 2. The van der Waals surface area contributed by atoms with Gasteiger partial charge in [-0.3, -0.25) is 9.59 Å². The first-order valence-electron chi connectivity index (χ1n) is 5.49. The zero-order valence-electron chi connectivity index (χ0n) is 9.50. The molecule has 1 unspecified atom stereocenters. The minimum Gasteiger partial charge on any atom is -0.333 e. The smallest absolute Gasteiger partial charge is 0.262 e. The van der Waals surface area contributed by atoms with Gasteiger partial charge in [0.2, 0.25) is 0 Å². The SMILES string of the molecule is CC1CNCCN1C(=O)c1c[nH]c(=O)c(Br)c1. The van der Waals surface area contributed by atoms with Crippen LogP contribution in [0.25, 0.3) is 0 Å². The monoisotopic (exact) mass is 299 g/mol. The predicted molar refractivity (Wildman–Crippen MR) is 68.1 cm³/mol. The Balaban J connectivity index is 2.23. The van der Waals surface area contributed by atoms with Crippen molar-refractivity contribution in [3.63, 3.8) is 0 Å². The molecule has 1 aromatic rings. The van der Waals surface area contributed by atoms with Crippen molar-refractivity contribution >= 4 is 21.8 Å². The highest BCUT2D eigenvalue weighted by Crippen LogP contribution is 2.11. The third-order valence-electron chi connectivity index (χ3n) is 2.87. The number of rotatable bonds is 1. The summed E-state index contributed by atoms with van der Waals surface area (Å²) in [7, 11) is 0. The van der Waals surface area contributed by atoms with Crippen LogP contribution in [0.4, 0.5) is 0 Å². The maximum absolute atomic E-state index is 12.2. The fourth-order valence-electron chi connectivity index (χ4n) is 1.89. The molecule has 92 valence electrons. The zero-order valence-corrected chi connectivity index (χ0v) is 11.1. The van der Waals surface area contributed by atoms with Gasteiger partial charge in [0.15, 0.2) is 0 Å². The van der Waals surface area contributed by atoms with Crippen molar-refractivity contribution in [3.8, 4) is 0 Å². The lowest BCUT2D eigenvalue weighted by Crippen LogP contribution is -2.52. The van der Waals surface area contributed by atoms with Crippen LogP contribution in [0.1, 0.15) is 17.3 Å². The molecule has 2 heterocycles. The predicted octanol–water partition coefficient (Wildman–Crippen LogP) is 0.571. The summed E-state index contributed by atoms with van der Waals surface area (Å²) in [5, 5.41) is 3.23. The molecular formula is C11H14BrN3O2. The Morgan fingerprint density at radius 2 is 2.35 bits per heavy atom. The Morgan fingerprint density at radius 1 is 1.59 bits per heavy atom. The Morgan fingerprint density at radius 3 is 3.00 bits per heavy atom. The fraction of sp³-hybridized carbons (Fsp3) is 0.455. The number of halogens is 1. The molecule has 1 aliphatic heterocycles. The molecule has 1 saturated heterocycles. The lowest BCUT2D eigenvalue weighted by molar-refractivity contribution is 0.0655. The fourth-order valence-corrected chi connectivity index (χ4v) is 2.25. The normalized spacial score (nSPS) is 20.4. The number of pyridine rings is 1. The molecule has 0 spiro atoms. The van der Waals surface area contributed by atoms with Crippen LogP contribution in [0, 0.1) is 0 Å². The van der Waals surface area contributed by atoms with Crippen molar-refractivity contribution in [1.29, 1.82) is 0 Å². The quantitative estimate of drug-likeness (QED) is 0.797. The third-order valence-corrected chi connectivity index (χ3v) is 3.46. The van der Waals surface area contributed by atoms with Crippen molar-refractivity contribution in [2.45, 2.75) is 13.0 Å². The largest absolute Gasteiger partial charge is 0.333 e. The third kappa shape index (κ3) is 2.58. The number of nitrogens with zero attached hydrogens (tertiary/aromatic N) is 1. The van der Waals surface area contributed by atoms with E-state index in [9.17, 15) is 9.59 Å². The number of aromatic amines is 1. The summed E-state index contributed by atoms with van der Waals surface area (Å²) in [6.07, 6.45) is 1.46. The molecule has 1 fully saturated rings. The second kappa shape index (κ2) is 5.01. The second-order valence-electron chi connectivity index (χ2n) is 4.12. The number of hydrogen-bond acceptors (Lipinski definition) is 3. The van der Waals surface area contributed by atoms with Crippen LogP contribution in [0.5, 0.6) is 0 Å². The lowest BCUT2D eigenvalue weighted by atomic mass is 10.1. The highest BCUT2D eigenvalue weighted by molar-refractivity contribution is 9.10. The Kier molecular flexibility index (Phi) is 3.63. The molecule has 5 nitrogen and oxygen atoms in total.